The standard InChI is InChI=1S/C9H14N2S/c1-5-3-7(4-12)9(11)6(2)8(5)10/h3,12H,4,10-11H2,1-2H3. The molecule has 12 heavy (non-hydrogen) atoms. The van der Waals surface area contributed by atoms with E-state index < -0.39 is 0 Å². The molecule has 2 nitrogen and oxygen atoms in total. The fourth-order valence-electron chi connectivity index (χ4n) is 1.23. The average Bonchev–Trinajstić information content (AvgIpc) is 2.08. The van der Waals surface area contributed by atoms with E-state index in [2.05, 4.69) is 12.6 Å². The Hall–Kier alpha value is -0.830. The summed E-state index contributed by atoms with van der Waals surface area (Å²) < 4.78 is 0. The smallest absolute Gasteiger partial charge is 0.0405 e. The van der Waals surface area contributed by atoms with Crippen molar-refractivity contribution in [2.24, 2.45) is 0 Å². The number of hydrogen-bond acceptors (Lipinski definition) is 3. The van der Waals surface area contributed by atoms with Crippen LogP contribution in [-0.2, 0) is 5.75 Å². The SMILES string of the molecule is Cc1cc(CS)c(N)c(C)c1N. The van der Waals surface area contributed by atoms with E-state index in [1.807, 2.05) is 19.9 Å². The number of thiol groups is 1. The van der Waals surface area contributed by atoms with Gasteiger partial charge in [-0.2, -0.15) is 12.6 Å². The predicted molar refractivity (Wildman–Crippen MR) is 57.4 cm³/mol. The van der Waals surface area contributed by atoms with Crippen LogP contribution < -0.4 is 11.5 Å². The fraction of sp³-hybridized carbons (Fsp3) is 0.333. The second-order valence-corrected chi connectivity index (χ2v) is 3.28. The lowest BCUT2D eigenvalue weighted by Gasteiger charge is -2.11. The molecule has 0 radical (unpaired) electrons. The van der Waals surface area contributed by atoms with Gasteiger partial charge >= 0.3 is 0 Å². The molecule has 0 saturated carbocycles. The van der Waals surface area contributed by atoms with Gasteiger partial charge in [-0.1, -0.05) is 6.07 Å². The van der Waals surface area contributed by atoms with Gasteiger partial charge < -0.3 is 11.5 Å². The van der Waals surface area contributed by atoms with Crippen molar-refractivity contribution in [1.82, 2.24) is 0 Å². The lowest BCUT2D eigenvalue weighted by molar-refractivity contribution is 1.31. The lowest BCUT2D eigenvalue weighted by atomic mass is 10.0. The maximum Gasteiger partial charge on any atom is 0.0405 e. The molecule has 0 atom stereocenters. The summed E-state index contributed by atoms with van der Waals surface area (Å²) in [4.78, 5) is 0. The zero-order valence-electron chi connectivity index (χ0n) is 7.39. The van der Waals surface area contributed by atoms with Crippen molar-refractivity contribution in [3.63, 3.8) is 0 Å². The Balaban J connectivity index is 3.39. The summed E-state index contributed by atoms with van der Waals surface area (Å²) in [6.45, 7) is 3.92. The van der Waals surface area contributed by atoms with Crippen LogP contribution >= 0.6 is 12.6 Å². The molecule has 1 aromatic rings. The van der Waals surface area contributed by atoms with Crippen LogP contribution in [-0.4, -0.2) is 0 Å². The van der Waals surface area contributed by atoms with Gasteiger partial charge in [0.05, 0.1) is 0 Å². The summed E-state index contributed by atoms with van der Waals surface area (Å²) in [6, 6.07) is 1.99. The van der Waals surface area contributed by atoms with E-state index in [4.69, 9.17) is 11.5 Å². The lowest BCUT2D eigenvalue weighted by Crippen LogP contribution is -2.02. The van der Waals surface area contributed by atoms with Crippen molar-refractivity contribution in [2.45, 2.75) is 19.6 Å². The van der Waals surface area contributed by atoms with Gasteiger partial charge in [0, 0.05) is 17.1 Å². The number of benzene rings is 1. The van der Waals surface area contributed by atoms with Gasteiger partial charge in [0.25, 0.3) is 0 Å². The molecule has 0 fully saturated rings. The number of hydrogen-bond donors (Lipinski definition) is 3. The van der Waals surface area contributed by atoms with Crippen LogP contribution in [0.3, 0.4) is 0 Å². The summed E-state index contributed by atoms with van der Waals surface area (Å²) >= 11 is 4.19. The second kappa shape index (κ2) is 3.27. The number of aryl methyl sites for hydroxylation is 1. The third-order valence-corrected chi connectivity index (χ3v) is 2.48. The summed E-state index contributed by atoms with van der Waals surface area (Å²) in [5.41, 5.74) is 16.3. The molecular weight excluding hydrogens is 168 g/mol. The second-order valence-electron chi connectivity index (χ2n) is 2.96. The van der Waals surface area contributed by atoms with E-state index in [0.717, 1.165) is 28.1 Å². The van der Waals surface area contributed by atoms with Crippen LogP contribution in [0.25, 0.3) is 0 Å². The van der Waals surface area contributed by atoms with Gasteiger partial charge in [-0.05, 0) is 30.5 Å². The summed E-state index contributed by atoms with van der Waals surface area (Å²) in [7, 11) is 0. The number of rotatable bonds is 1. The molecule has 0 aliphatic rings. The summed E-state index contributed by atoms with van der Waals surface area (Å²) in [6.07, 6.45) is 0. The molecule has 0 aliphatic heterocycles. The molecule has 3 heteroatoms. The van der Waals surface area contributed by atoms with Crippen LogP contribution in [0.1, 0.15) is 16.7 Å². The van der Waals surface area contributed by atoms with E-state index in [1.165, 1.54) is 0 Å². The largest absolute Gasteiger partial charge is 0.398 e. The Morgan fingerprint density at radius 2 is 1.83 bits per heavy atom. The zero-order valence-corrected chi connectivity index (χ0v) is 8.28. The molecule has 0 unspecified atom stereocenters. The van der Waals surface area contributed by atoms with E-state index in [0.29, 0.717) is 5.75 Å². The summed E-state index contributed by atoms with van der Waals surface area (Å²) in [5.74, 6) is 0.661. The molecule has 66 valence electrons. The third-order valence-electron chi connectivity index (χ3n) is 2.14. The zero-order chi connectivity index (χ0) is 9.30. The molecule has 0 aromatic heterocycles. The molecule has 4 N–H and O–H groups in total. The molecule has 1 aromatic carbocycles. The quantitative estimate of drug-likeness (QED) is 0.459. The van der Waals surface area contributed by atoms with E-state index >= 15 is 0 Å². The highest BCUT2D eigenvalue weighted by Gasteiger charge is 2.06. The minimum absolute atomic E-state index is 0.661. The first-order valence-electron chi connectivity index (χ1n) is 3.82. The van der Waals surface area contributed by atoms with Crippen LogP contribution in [0, 0.1) is 13.8 Å². The molecular formula is C9H14N2S. The van der Waals surface area contributed by atoms with Gasteiger partial charge in [0.15, 0.2) is 0 Å². The molecule has 0 spiro atoms. The van der Waals surface area contributed by atoms with Gasteiger partial charge in [0.1, 0.15) is 0 Å². The molecule has 0 aliphatic carbocycles. The molecule has 0 saturated heterocycles. The first-order chi connectivity index (χ1) is 5.57. The van der Waals surface area contributed by atoms with Crippen LogP contribution in [0.5, 0.6) is 0 Å². The van der Waals surface area contributed by atoms with Gasteiger partial charge in [-0.3, -0.25) is 0 Å². The first-order valence-corrected chi connectivity index (χ1v) is 4.46. The highest BCUT2D eigenvalue weighted by atomic mass is 32.1. The highest BCUT2D eigenvalue weighted by Crippen LogP contribution is 2.27. The monoisotopic (exact) mass is 182 g/mol. The Morgan fingerprint density at radius 1 is 1.25 bits per heavy atom. The van der Waals surface area contributed by atoms with Crippen molar-refractivity contribution in [3.8, 4) is 0 Å². The number of nitrogens with two attached hydrogens (primary N) is 2. The Morgan fingerprint density at radius 3 is 2.33 bits per heavy atom. The fourth-order valence-corrected chi connectivity index (χ4v) is 1.49. The van der Waals surface area contributed by atoms with Gasteiger partial charge in [-0.25, -0.2) is 0 Å². The van der Waals surface area contributed by atoms with Crippen LogP contribution in [0.15, 0.2) is 6.07 Å². The van der Waals surface area contributed by atoms with E-state index in [-0.39, 0.29) is 0 Å². The van der Waals surface area contributed by atoms with Crippen molar-refractivity contribution in [2.75, 3.05) is 11.5 Å². The Kier molecular flexibility index (Phi) is 2.52. The highest BCUT2D eigenvalue weighted by molar-refractivity contribution is 7.79. The Labute approximate surface area is 78.4 Å². The maximum atomic E-state index is 5.83. The molecule has 0 amide bonds. The predicted octanol–water partition coefficient (Wildman–Crippen LogP) is 1.90. The van der Waals surface area contributed by atoms with Crippen molar-refractivity contribution >= 4 is 24.0 Å². The minimum atomic E-state index is 0.661. The van der Waals surface area contributed by atoms with Gasteiger partial charge in [-0.15, -0.1) is 0 Å². The normalized spacial score (nSPS) is 10.2. The third kappa shape index (κ3) is 1.37. The number of anilines is 2. The Bertz CT molecular complexity index is 308. The number of nitrogen functional groups attached to an aromatic ring is 2. The average molecular weight is 182 g/mol. The molecule has 0 heterocycles. The van der Waals surface area contributed by atoms with E-state index in [9.17, 15) is 0 Å². The maximum absolute atomic E-state index is 5.83. The molecule has 1 rings (SSSR count). The first kappa shape index (κ1) is 9.26. The van der Waals surface area contributed by atoms with E-state index in [1.54, 1.807) is 0 Å². The topological polar surface area (TPSA) is 52.0 Å². The van der Waals surface area contributed by atoms with Crippen molar-refractivity contribution in [3.05, 3.63) is 22.8 Å². The minimum Gasteiger partial charge on any atom is -0.398 e. The van der Waals surface area contributed by atoms with Crippen LogP contribution in [0.4, 0.5) is 11.4 Å². The summed E-state index contributed by atoms with van der Waals surface area (Å²) in [5, 5.41) is 0. The van der Waals surface area contributed by atoms with Gasteiger partial charge in [0.2, 0.25) is 0 Å². The molecule has 0 bridgehead atoms. The van der Waals surface area contributed by atoms with Crippen molar-refractivity contribution in [1.29, 1.82) is 0 Å². The van der Waals surface area contributed by atoms with Crippen LogP contribution in [0.2, 0.25) is 0 Å². The van der Waals surface area contributed by atoms with Crippen molar-refractivity contribution < 1.29 is 0 Å².